The summed E-state index contributed by atoms with van der Waals surface area (Å²) in [4.78, 5) is 33.2. The van der Waals surface area contributed by atoms with Gasteiger partial charge in [0.15, 0.2) is 0 Å². The number of amides is 1. The first-order valence-electron chi connectivity index (χ1n) is 7.22. The smallest absolute Gasteiger partial charge is 0.326 e. The quantitative estimate of drug-likeness (QED) is 0.447. The van der Waals surface area contributed by atoms with Crippen LogP contribution in [0.25, 0.3) is 0 Å². The highest BCUT2D eigenvalue weighted by Gasteiger charge is 2.21. The van der Waals surface area contributed by atoms with Gasteiger partial charge in [0.1, 0.15) is 6.04 Å². The predicted octanol–water partition coefficient (Wildman–Crippen LogP) is 0.822. The first kappa shape index (κ1) is 19.4. The lowest BCUT2D eigenvalue weighted by Crippen LogP contribution is -2.41. The van der Waals surface area contributed by atoms with E-state index in [1.54, 1.807) is 0 Å². The standard InChI is InChI=1S/C14H26N2O5/c1-9(2)10(7-8-15)3-5-12(17)16-11(14(20)21)4-6-13(18)19/h9-11H,3-8,15H2,1-2H3,(H,16,17)(H,18,19)(H,20,21)/t10?,11-/m0/s1. The summed E-state index contributed by atoms with van der Waals surface area (Å²) in [5.74, 6) is -1.94. The number of carbonyl (C=O) groups excluding carboxylic acids is 1. The summed E-state index contributed by atoms with van der Waals surface area (Å²) in [6.07, 6.45) is 1.28. The third-order valence-electron chi connectivity index (χ3n) is 3.50. The normalized spacial score (nSPS) is 13.7. The van der Waals surface area contributed by atoms with Crippen LogP contribution in [0.2, 0.25) is 0 Å². The molecule has 7 heteroatoms. The minimum absolute atomic E-state index is 0.118. The van der Waals surface area contributed by atoms with Crippen molar-refractivity contribution in [3.63, 3.8) is 0 Å². The van der Waals surface area contributed by atoms with Crippen molar-refractivity contribution in [1.82, 2.24) is 5.32 Å². The molecule has 0 saturated heterocycles. The van der Waals surface area contributed by atoms with Crippen molar-refractivity contribution in [2.45, 2.75) is 52.0 Å². The van der Waals surface area contributed by atoms with E-state index in [1.807, 2.05) is 0 Å². The Labute approximate surface area is 124 Å². The average molecular weight is 302 g/mol. The molecule has 7 nitrogen and oxygen atoms in total. The van der Waals surface area contributed by atoms with E-state index in [1.165, 1.54) is 0 Å². The zero-order valence-corrected chi connectivity index (χ0v) is 12.7. The Morgan fingerprint density at radius 2 is 1.67 bits per heavy atom. The van der Waals surface area contributed by atoms with Crippen molar-refractivity contribution in [2.75, 3.05) is 6.54 Å². The van der Waals surface area contributed by atoms with E-state index in [9.17, 15) is 14.4 Å². The van der Waals surface area contributed by atoms with Crippen LogP contribution in [0.15, 0.2) is 0 Å². The monoisotopic (exact) mass is 302 g/mol. The molecule has 0 fully saturated rings. The summed E-state index contributed by atoms with van der Waals surface area (Å²) in [5, 5.41) is 19.9. The fourth-order valence-corrected chi connectivity index (χ4v) is 2.13. The molecule has 5 N–H and O–H groups in total. The van der Waals surface area contributed by atoms with Gasteiger partial charge in [0, 0.05) is 12.8 Å². The van der Waals surface area contributed by atoms with Gasteiger partial charge in [-0.25, -0.2) is 4.79 Å². The lowest BCUT2D eigenvalue weighted by molar-refractivity contribution is -0.143. The van der Waals surface area contributed by atoms with Crippen LogP contribution in [-0.2, 0) is 14.4 Å². The van der Waals surface area contributed by atoms with Crippen molar-refractivity contribution in [3.05, 3.63) is 0 Å². The minimum Gasteiger partial charge on any atom is -0.481 e. The predicted molar refractivity (Wildman–Crippen MR) is 77.7 cm³/mol. The van der Waals surface area contributed by atoms with Crippen molar-refractivity contribution < 1.29 is 24.6 Å². The van der Waals surface area contributed by atoms with Crippen molar-refractivity contribution >= 4 is 17.8 Å². The molecule has 122 valence electrons. The summed E-state index contributed by atoms with van der Waals surface area (Å²) in [7, 11) is 0. The Balaban J connectivity index is 4.30. The summed E-state index contributed by atoms with van der Waals surface area (Å²) >= 11 is 0. The Morgan fingerprint density at radius 1 is 1.05 bits per heavy atom. The Hall–Kier alpha value is -1.63. The number of carboxylic acids is 2. The fraction of sp³-hybridized carbons (Fsp3) is 0.786. The summed E-state index contributed by atoms with van der Waals surface area (Å²) in [6, 6.07) is -1.15. The van der Waals surface area contributed by atoms with Gasteiger partial charge in [-0.3, -0.25) is 9.59 Å². The van der Waals surface area contributed by atoms with Gasteiger partial charge in [-0.15, -0.1) is 0 Å². The number of carbonyl (C=O) groups is 3. The average Bonchev–Trinajstić information content (AvgIpc) is 2.38. The molecule has 0 aliphatic carbocycles. The van der Waals surface area contributed by atoms with E-state index in [0.717, 1.165) is 6.42 Å². The van der Waals surface area contributed by atoms with E-state index in [2.05, 4.69) is 19.2 Å². The van der Waals surface area contributed by atoms with Crippen LogP contribution in [0.3, 0.4) is 0 Å². The molecule has 1 amide bonds. The maximum absolute atomic E-state index is 11.8. The topological polar surface area (TPSA) is 130 Å². The minimum atomic E-state index is -1.22. The van der Waals surface area contributed by atoms with Crippen LogP contribution >= 0.6 is 0 Å². The van der Waals surface area contributed by atoms with Crippen molar-refractivity contribution in [2.24, 2.45) is 17.6 Å². The Morgan fingerprint density at radius 3 is 2.10 bits per heavy atom. The SMILES string of the molecule is CC(C)C(CCN)CCC(=O)N[C@@H](CCC(=O)O)C(=O)O. The van der Waals surface area contributed by atoms with Crippen LogP contribution < -0.4 is 11.1 Å². The first-order chi connectivity index (χ1) is 9.77. The molecule has 21 heavy (non-hydrogen) atoms. The number of hydrogen-bond donors (Lipinski definition) is 4. The maximum Gasteiger partial charge on any atom is 0.326 e. The Bertz CT molecular complexity index is 357. The summed E-state index contributed by atoms with van der Waals surface area (Å²) < 4.78 is 0. The third kappa shape index (κ3) is 9.01. The highest BCUT2D eigenvalue weighted by atomic mass is 16.4. The van der Waals surface area contributed by atoms with Crippen molar-refractivity contribution in [3.8, 4) is 0 Å². The molecule has 0 radical (unpaired) electrons. The first-order valence-corrected chi connectivity index (χ1v) is 7.22. The second kappa shape index (κ2) is 10.1. The van der Waals surface area contributed by atoms with Crippen LogP contribution in [-0.4, -0.2) is 40.6 Å². The van der Waals surface area contributed by atoms with Crippen LogP contribution in [0.1, 0.15) is 46.0 Å². The molecule has 2 atom stereocenters. The summed E-state index contributed by atoms with van der Waals surface area (Å²) in [5.41, 5.74) is 5.53. The number of hydrogen-bond acceptors (Lipinski definition) is 4. The summed E-state index contributed by atoms with van der Waals surface area (Å²) in [6.45, 7) is 4.68. The van der Waals surface area contributed by atoms with E-state index >= 15 is 0 Å². The van der Waals surface area contributed by atoms with Gasteiger partial charge in [0.25, 0.3) is 0 Å². The second-order valence-corrected chi connectivity index (χ2v) is 5.51. The molecule has 0 saturated carbocycles. The van der Waals surface area contributed by atoms with Gasteiger partial charge in [-0.05, 0) is 37.6 Å². The van der Waals surface area contributed by atoms with Gasteiger partial charge in [0.2, 0.25) is 5.91 Å². The van der Waals surface area contributed by atoms with E-state index < -0.39 is 18.0 Å². The molecule has 0 bridgehead atoms. The van der Waals surface area contributed by atoms with E-state index in [0.29, 0.717) is 24.8 Å². The molecule has 1 unspecified atom stereocenters. The van der Waals surface area contributed by atoms with Crippen LogP contribution in [0, 0.1) is 11.8 Å². The van der Waals surface area contributed by atoms with E-state index in [-0.39, 0.29) is 25.2 Å². The molecule has 0 heterocycles. The number of nitrogens with one attached hydrogen (secondary N) is 1. The molecule has 0 aromatic rings. The lowest BCUT2D eigenvalue weighted by atomic mass is 9.88. The van der Waals surface area contributed by atoms with Gasteiger partial charge in [0.05, 0.1) is 0 Å². The number of rotatable bonds is 11. The molecule has 0 spiro atoms. The highest BCUT2D eigenvalue weighted by molar-refractivity contribution is 5.83. The van der Waals surface area contributed by atoms with Gasteiger partial charge in [-0.1, -0.05) is 13.8 Å². The molecule has 0 aromatic carbocycles. The van der Waals surface area contributed by atoms with E-state index in [4.69, 9.17) is 15.9 Å². The number of aliphatic carboxylic acids is 2. The lowest BCUT2D eigenvalue weighted by Gasteiger charge is -2.20. The van der Waals surface area contributed by atoms with Crippen LogP contribution in [0.5, 0.6) is 0 Å². The molecule has 0 aliphatic rings. The molecular formula is C14H26N2O5. The van der Waals surface area contributed by atoms with Gasteiger partial charge >= 0.3 is 11.9 Å². The second-order valence-electron chi connectivity index (χ2n) is 5.51. The van der Waals surface area contributed by atoms with Crippen LogP contribution in [0.4, 0.5) is 0 Å². The maximum atomic E-state index is 11.8. The molecule has 0 rings (SSSR count). The zero-order valence-electron chi connectivity index (χ0n) is 12.7. The molecule has 0 aromatic heterocycles. The Kier molecular flexibility index (Phi) is 9.36. The highest BCUT2D eigenvalue weighted by Crippen LogP contribution is 2.20. The largest absolute Gasteiger partial charge is 0.481 e. The molecular weight excluding hydrogens is 276 g/mol. The van der Waals surface area contributed by atoms with Gasteiger partial charge in [-0.2, -0.15) is 0 Å². The third-order valence-corrected chi connectivity index (χ3v) is 3.50. The number of carboxylic acid groups (broad SMARTS) is 2. The zero-order chi connectivity index (χ0) is 16.4. The molecule has 0 aliphatic heterocycles. The van der Waals surface area contributed by atoms with Crippen molar-refractivity contribution in [1.29, 1.82) is 0 Å². The fourth-order valence-electron chi connectivity index (χ4n) is 2.13. The van der Waals surface area contributed by atoms with Gasteiger partial charge < -0.3 is 21.3 Å². The number of nitrogens with two attached hydrogens (primary N) is 1.